The van der Waals surface area contributed by atoms with Crippen LogP contribution in [0.3, 0.4) is 0 Å². The van der Waals surface area contributed by atoms with Crippen LogP contribution in [0.1, 0.15) is 63.1 Å². The first-order chi connectivity index (χ1) is 13.3. The summed E-state index contributed by atoms with van der Waals surface area (Å²) >= 11 is 4.95. The van der Waals surface area contributed by atoms with E-state index in [2.05, 4.69) is 64.3 Å². The van der Waals surface area contributed by atoms with E-state index in [-0.39, 0.29) is 17.4 Å². The van der Waals surface area contributed by atoms with Crippen molar-refractivity contribution >= 4 is 38.3 Å². The van der Waals surface area contributed by atoms with E-state index < -0.39 is 0 Å². The van der Waals surface area contributed by atoms with Crippen LogP contribution >= 0.6 is 27.3 Å². The maximum atomic E-state index is 12.1. The molecule has 1 aliphatic heterocycles. The molecule has 152 valence electrons. The number of hydrogen-bond donors (Lipinski definition) is 1. The Morgan fingerprint density at radius 1 is 1.39 bits per heavy atom. The molecule has 28 heavy (non-hydrogen) atoms. The fourth-order valence-electron chi connectivity index (χ4n) is 2.87. The minimum atomic E-state index is -0.0826. The molecular formula is C20H26BrN3O3S. The highest BCUT2D eigenvalue weighted by molar-refractivity contribution is 9.10. The van der Waals surface area contributed by atoms with Crippen LogP contribution in [0.5, 0.6) is 5.75 Å². The number of anilines is 1. The number of carbonyl (C=O) groups excluding carboxylic acids is 1. The van der Waals surface area contributed by atoms with Crippen molar-refractivity contribution in [1.29, 1.82) is 0 Å². The van der Waals surface area contributed by atoms with Gasteiger partial charge in [0, 0.05) is 13.0 Å². The minimum absolute atomic E-state index is 0.0275. The second-order valence-electron chi connectivity index (χ2n) is 7.84. The van der Waals surface area contributed by atoms with Gasteiger partial charge < -0.3 is 14.8 Å². The molecule has 1 fully saturated rings. The molecule has 0 bridgehead atoms. The summed E-state index contributed by atoms with van der Waals surface area (Å²) in [4.78, 5) is 12.1. The number of halogens is 1. The van der Waals surface area contributed by atoms with Gasteiger partial charge in [-0.05, 0) is 58.3 Å². The molecule has 0 radical (unpaired) electrons. The number of aromatic nitrogens is 2. The zero-order valence-corrected chi connectivity index (χ0v) is 18.9. The average molecular weight is 468 g/mol. The topological polar surface area (TPSA) is 73.3 Å². The lowest BCUT2D eigenvalue weighted by Crippen LogP contribution is -2.13. The van der Waals surface area contributed by atoms with Gasteiger partial charge in [-0.2, -0.15) is 0 Å². The van der Waals surface area contributed by atoms with Crippen molar-refractivity contribution in [2.45, 2.75) is 58.0 Å². The minimum Gasteiger partial charge on any atom is -0.492 e. The van der Waals surface area contributed by atoms with Crippen molar-refractivity contribution in [3.8, 4) is 5.75 Å². The second kappa shape index (κ2) is 9.33. The third-order valence-corrected chi connectivity index (χ3v) is 6.05. The van der Waals surface area contributed by atoms with Gasteiger partial charge in [0.15, 0.2) is 0 Å². The fraction of sp³-hybridized carbons (Fsp3) is 0.550. The van der Waals surface area contributed by atoms with Crippen molar-refractivity contribution in [3.05, 3.63) is 33.2 Å². The summed E-state index contributed by atoms with van der Waals surface area (Å²) in [5.74, 6) is 0.708. The molecule has 0 spiro atoms. The van der Waals surface area contributed by atoms with Crippen LogP contribution in [0.15, 0.2) is 22.7 Å². The SMILES string of the molecule is CC(C)(C)c1ccc(OCCCC(=O)Nc2nnc(C3CCCO3)s2)c(Br)c1. The van der Waals surface area contributed by atoms with Crippen LogP contribution in [-0.4, -0.2) is 29.3 Å². The number of nitrogens with one attached hydrogen (secondary N) is 1. The Kier molecular flexibility index (Phi) is 7.06. The van der Waals surface area contributed by atoms with Gasteiger partial charge in [-0.15, -0.1) is 10.2 Å². The lowest BCUT2D eigenvalue weighted by atomic mass is 9.87. The van der Waals surface area contributed by atoms with Gasteiger partial charge in [0.1, 0.15) is 16.9 Å². The van der Waals surface area contributed by atoms with Crippen molar-refractivity contribution in [3.63, 3.8) is 0 Å². The highest BCUT2D eigenvalue weighted by Crippen LogP contribution is 2.32. The highest BCUT2D eigenvalue weighted by atomic mass is 79.9. The first-order valence-corrected chi connectivity index (χ1v) is 11.1. The van der Waals surface area contributed by atoms with Crippen molar-refractivity contribution in [1.82, 2.24) is 10.2 Å². The number of benzene rings is 1. The van der Waals surface area contributed by atoms with Gasteiger partial charge in [-0.3, -0.25) is 4.79 Å². The normalized spacial score (nSPS) is 16.9. The summed E-state index contributed by atoms with van der Waals surface area (Å²) in [7, 11) is 0. The van der Waals surface area contributed by atoms with Crippen LogP contribution in [0.25, 0.3) is 0 Å². The van der Waals surface area contributed by atoms with Crippen LogP contribution in [-0.2, 0) is 14.9 Å². The van der Waals surface area contributed by atoms with Crippen molar-refractivity contribution in [2.75, 3.05) is 18.5 Å². The summed E-state index contributed by atoms with van der Waals surface area (Å²) in [5.41, 5.74) is 1.33. The first-order valence-electron chi connectivity index (χ1n) is 9.50. The Morgan fingerprint density at radius 2 is 2.21 bits per heavy atom. The van der Waals surface area contributed by atoms with E-state index in [1.807, 2.05) is 6.07 Å². The maximum Gasteiger partial charge on any atom is 0.226 e. The number of nitrogens with zero attached hydrogens (tertiary/aromatic N) is 2. The summed E-state index contributed by atoms with van der Waals surface area (Å²) in [6.07, 6.45) is 3.02. The molecular weight excluding hydrogens is 442 g/mol. The van der Waals surface area contributed by atoms with E-state index in [0.29, 0.717) is 24.6 Å². The molecule has 8 heteroatoms. The molecule has 1 aromatic heterocycles. The van der Waals surface area contributed by atoms with Gasteiger partial charge in [0.25, 0.3) is 0 Å². The van der Waals surface area contributed by atoms with E-state index in [4.69, 9.17) is 9.47 Å². The van der Waals surface area contributed by atoms with Gasteiger partial charge in [-0.25, -0.2) is 0 Å². The Hall–Kier alpha value is -1.51. The summed E-state index contributed by atoms with van der Waals surface area (Å²) in [5, 5.41) is 12.3. The van der Waals surface area contributed by atoms with Crippen LogP contribution in [0.4, 0.5) is 5.13 Å². The monoisotopic (exact) mass is 467 g/mol. The molecule has 1 N–H and O–H groups in total. The zero-order chi connectivity index (χ0) is 20.1. The van der Waals surface area contributed by atoms with E-state index in [1.54, 1.807) is 0 Å². The van der Waals surface area contributed by atoms with Gasteiger partial charge in [-0.1, -0.05) is 38.2 Å². The smallest absolute Gasteiger partial charge is 0.226 e. The fourth-order valence-corrected chi connectivity index (χ4v) is 4.21. The molecule has 3 rings (SSSR count). The van der Waals surface area contributed by atoms with Crippen LogP contribution in [0, 0.1) is 0 Å². The van der Waals surface area contributed by atoms with Crippen LogP contribution in [0.2, 0.25) is 0 Å². The lowest BCUT2D eigenvalue weighted by Gasteiger charge is -2.20. The molecule has 1 atom stereocenters. The maximum absolute atomic E-state index is 12.1. The molecule has 1 saturated heterocycles. The van der Waals surface area contributed by atoms with E-state index >= 15 is 0 Å². The number of ether oxygens (including phenoxy) is 2. The van der Waals surface area contributed by atoms with Gasteiger partial charge >= 0.3 is 0 Å². The largest absolute Gasteiger partial charge is 0.492 e. The van der Waals surface area contributed by atoms with E-state index in [9.17, 15) is 4.79 Å². The molecule has 2 heterocycles. The molecule has 0 aliphatic carbocycles. The zero-order valence-electron chi connectivity index (χ0n) is 16.5. The number of rotatable bonds is 7. The number of hydrogen-bond acceptors (Lipinski definition) is 6. The second-order valence-corrected chi connectivity index (χ2v) is 9.71. The predicted octanol–water partition coefficient (Wildman–Crippen LogP) is 5.25. The van der Waals surface area contributed by atoms with Crippen molar-refractivity contribution < 1.29 is 14.3 Å². The number of carbonyl (C=O) groups is 1. The Balaban J connectivity index is 1.41. The molecule has 1 aliphatic rings. The summed E-state index contributed by atoms with van der Waals surface area (Å²) < 4.78 is 12.3. The molecule has 2 aromatic rings. The number of amides is 1. The third-order valence-electron chi connectivity index (χ3n) is 4.50. The molecule has 1 unspecified atom stereocenters. The standard InChI is InChI=1S/C20H26BrN3O3S/c1-20(2,3)13-8-9-15(14(21)12-13)26-11-5-7-17(25)22-19-24-23-18(28-19)16-6-4-10-27-16/h8-9,12,16H,4-7,10-11H2,1-3H3,(H,22,24,25). The van der Waals surface area contributed by atoms with E-state index in [0.717, 1.165) is 34.7 Å². The van der Waals surface area contributed by atoms with Gasteiger partial charge in [0.05, 0.1) is 11.1 Å². The Bertz CT molecular complexity index is 813. The molecule has 6 nitrogen and oxygen atoms in total. The Labute approximate surface area is 178 Å². The first kappa shape index (κ1) is 21.2. The summed E-state index contributed by atoms with van der Waals surface area (Å²) in [6.45, 7) is 7.76. The lowest BCUT2D eigenvalue weighted by molar-refractivity contribution is -0.116. The van der Waals surface area contributed by atoms with Crippen LogP contribution < -0.4 is 10.1 Å². The van der Waals surface area contributed by atoms with Gasteiger partial charge in [0.2, 0.25) is 11.0 Å². The third kappa shape index (κ3) is 5.75. The predicted molar refractivity (Wildman–Crippen MR) is 114 cm³/mol. The summed E-state index contributed by atoms with van der Waals surface area (Å²) in [6, 6.07) is 6.13. The molecule has 0 saturated carbocycles. The molecule has 1 aromatic carbocycles. The molecule has 1 amide bonds. The van der Waals surface area contributed by atoms with Crippen molar-refractivity contribution in [2.24, 2.45) is 0 Å². The van der Waals surface area contributed by atoms with E-state index in [1.165, 1.54) is 16.9 Å². The quantitative estimate of drug-likeness (QED) is 0.562. The average Bonchev–Trinajstić information content (AvgIpc) is 3.30. The highest BCUT2D eigenvalue weighted by Gasteiger charge is 2.22. The Morgan fingerprint density at radius 3 is 2.89 bits per heavy atom.